The first-order valence-electron chi connectivity index (χ1n) is 6.32. The molecular weight excluding hydrogens is 206 g/mol. The molecule has 3 heteroatoms. The van der Waals surface area contributed by atoms with Gasteiger partial charge in [-0.25, -0.2) is 0 Å². The lowest BCUT2D eigenvalue weighted by Crippen LogP contribution is -2.65. The monoisotopic (exact) mass is 225 g/mol. The van der Waals surface area contributed by atoms with Gasteiger partial charge in [-0.15, -0.1) is 11.8 Å². The molecule has 0 aromatic carbocycles. The van der Waals surface area contributed by atoms with Gasteiger partial charge in [-0.05, 0) is 49.9 Å². The summed E-state index contributed by atoms with van der Waals surface area (Å²) in [6, 6.07) is 0. The highest BCUT2D eigenvalue weighted by atomic mass is 32.2. The van der Waals surface area contributed by atoms with Gasteiger partial charge < -0.3 is 10.4 Å². The van der Waals surface area contributed by atoms with Crippen LogP contribution >= 0.6 is 11.8 Å². The average Bonchev–Trinajstić information content (AvgIpc) is 2.61. The van der Waals surface area contributed by atoms with Gasteiger partial charge >= 0.3 is 0 Å². The van der Waals surface area contributed by atoms with Crippen LogP contribution in [-0.2, 0) is 0 Å². The van der Waals surface area contributed by atoms with Gasteiger partial charge in [0.05, 0.1) is 10.5 Å². The minimum absolute atomic E-state index is 0.271. The Morgan fingerprint density at radius 3 is 2.40 bits per heavy atom. The van der Waals surface area contributed by atoms with Crippen molar-refractivity contribution in [2.45, 2.75) is 42.6 Å². The summed E-state index contributed by atoms with van der Waals surface area (Å²) in [6.45, 7) is 1.18. The third-order valence-corrected chi connectivity index (χ3v) is 6.91. The predicted octanol–water partition coefficient (Wildman–Crippen LogP) is 1.59. The second-order valence-corrected chi connectivity index (χ2v) is 7.51. The quantitative estimate of drug-likeness (QED) is 0.656. The molecule has 1 spiro atoms. The van der Waals surface area contributed by atoms with E-state index in [2.05, 4.69) is 17.1 Å². The zero-order valence-corrected chi connectivity index (χ0v) is 9.85. The van der Waals surface area contributed by atoms with E-state index in [1.54, 1.807) is 0 Å². The van der Waals surface area contributed by atoms with Gasteiger partial charge in [0.2, 0.25) is 0 Å². The van der Waals surface area contributed by atoms with Gasteiger partial charge in [-0.2, -0.15) is 0 Å². The summed E-state index contributed by atoms with van der Waals surface area (Å²) in [5.41, 5.74) is -0.271. The fourth-order valence-electron chi connectivity index (χ4n) is 4.97. The Labute approximate surface area is 95.2 Å². The van der Waals surface area contributed by atoms with Crippen LogP contribution in [0.1, 0.15) is 32.1 Å². The number of hydrogen-bond acceptors (Lipinski definition) is 3. The molecule has 1 heterocycles. The van der Waals surface area contributed by atoms with E-state index in [1.165, 1.54) is 25.1 Å². The third kappa shape index (κ3) is 1.10. The highest BCUT2D eigenvalue weighted by molar-refractivity contribution is 8.00. The van der Waals surface area contributed by atoms with Crippen LogP contribution in [0.25, 0.3) is 0 Å². The van der Waals surface area contributed by atoms with E-state index in [-0.39, 0.29) is 5.60 Å². The summed E-state index contributed by atoms with van der Waals surface area (Å²) in [5, 5.41) is 14.3. The van der Waals surface area contributed by atoms with Crippen LogP contribution in [0.4, 0.5) is 0 Å². The molecule has 0 aromatic heterocycles. The van der Waals surface area contributed by atoms with Crippen LogP contribution in [0.5, 0.6) is 0 Å². The van der Waals surface area contributed by atoms with E-state index in [9.17, 15) is 5.11 Å². The van der Waals surface area contributed by atoms with Crippen molar-refractivity contribution < 1.29 is 5.11 Å². The number of nitrogens with one attached hydrogen (secondary N) is 1. The predicted molar refractivity (Wildman–Crippen MR) is 61.7 cm³/mol. The second kappa shape index (κ2) is 2.74. The smallest absolute Gasteiger partial charge is 0.0705 e. The van der Waals surface area contributed by atoms with Gasteiger partial charge in [0, 0.05) is 12.3 Å². The normalized spacial score (nSPS) is 61.8. The van der Waals surface area contributed by atoms with Crippen molar-refractivity contribution in [3.8, 4) is 0 Å². The first-order chi connectivity index (χ1) is 7.20. The van der Waals surface area contributed by atoms with Crippen molar-refractivity contribution in [3.63, 3.8) is 0 Å². The average molecular weight is 225 g/mol. The SMILES string of the molecule is OC12CC3CC(C1)C1(NCCS1)C(C3)C2. The Bertz CT molecular complexity index is 282. The van der Waals surface area contributed by atoms with Crippen LogP contribution in [0.2, 0.25) is 0 Å². The highest BCUT2D eigenvalue weighted by Crippen LogP contribution is 2.63. The standard InChI is InChI=1S/C12H19NOS/c14-11-5-8-3-9(6-11)12(10(4-8)7-11)13-1-2-15-12/h8-10,13-14H,1-7H2. The maximum absolute atomic E-state index is 10.5. The Morgan fingerprint density at radius 1 is 1.13 bits per heavy atom. The van der Waals surface area contributed by atoms with Crippen molar-refractivity contribution in [1.82, 2.24) is 5.32 Å². The maximum atomic E-state index is 10.5. The molecule has 0 radical (unpaired) electrons. The van der Waals surface area contributed by atoms with Crippen molar-refractivity contribution in [2.24, 2.45) is 17.8 Å². The molecule has 4 saturated carbocycles. The largest absolute Gasteiger partial charge is 0.390 e. The Kier molecular flexibility index (Phi) is 1.70. The molecule has 0 aromatic rings. The molecule has 2 nitrogen and oxygen atoms in total. The molecule has 15 heavy (non-hydrogen) atoms. The van der Waals surface area contributed by atoms with E-state index in [4.69, 9.17) is 0 Å². The number of aliphatic hydroxyl groups is 1. The van der Waals surface area contributed by atoms with Crippen molar-refractivity contribution in [3.05, 3.63) is 0 Å². The van der Waals surface area contributed by atoms with Gasteiger partial charge in [0.1, 0.15) is 0 Å². The zero-order chi connectivity index (χ0) is 10.1. The fourth-order valence-corrected chi connectivity index (χ4v) is 6.54. The molecule has 1 saturated heterocycles. The number of thioether (sulfide) groups is 1. The van der Waals surface area contributed by atoms with Crippen molar-refractivity contribution in [2.75, 3.05) is 12.3 Å². The van der Waals surface area contributed by atoms with Gasteiger partial charge in [0.25, 0.3) is 0 Å². The number of rotatable bonds is 0. The molecular formula is C12H19NOS. The summed E-state index contributed by atoms with van der Waals surface area (Å²) in [5.74, 6) is 3.61. The van der Waals surface area contributed by atoms with Gasteiger partial charge in [-0.3, -0.25) is 0 Å². The van der Waals surface area contributed by atoms with Gasteiger partial charge in [0.15, 0.2) is 0 Å². The number of hydrogen-bond donors (Lipinski definition) is 2. The molecule has 84 valence electrons. The Morgan fingerprint density at radius 2 is 1.87 bits per heavy atom. The highest BCUT2D eigenvalue weighted by Gasteiger charge is 2.62. The van der Waals surface area contributed by atoms with Crippen LogP contribution in [0.3, 0.4) is 0 Å². The molecule has 5 aliphatic rings. The van der Waals surface area contributed by atoms with Crippen LogP contribution in [0.15, 0.2) is 0 Å². The Balaban J connectivity index is 1.75. The molecule has 5 fully saturated rings. The lowest BCUT2D eigenvalue weighted by molar-refractivity contribution is -0.145. The lowest BCUT2D eigenvalue weighted by atomic mass is 9.52. The first-order valence-corrected chi connectivity index (χ1v) is 7.30. The van der Waals surface area contributed by atoms with Crippen molar-refractivity contribution >= 4 is 11.8 Å². The van der Waals surface area contributed by atoms with E-state index in [0.717, 1.165) is 37.0 Å². The minimum Gasteiger partial charge on any atom is -0.390 e. The molecule has 5 rings (SSSR count). The second-order valence-electron chi connectivity index (χ2n) is 6.14. The summed E-state index contributed by atoms with van der Waals surface area (Å²) in [4.78, 5) is 0.378. The molecule has 4 bridgehead atoms. The molecule has 1 aliphatic heterocycles. The first kappa shape index (κ1) is 9.32. The minimum atomic E-state index is -0.271. The lowest BCUT2D eigenvalue weighted by Gasteiger charge is -2.62. The Hall–Kier alpha value is 0.270. The summed E-state index contributed by atoms with van der Waals surface area (Å²) in [7, 11) is 0. The summed E-state index contributed by atoms with van der Waals surface area (Å²) in [6.07, 6.45) is 5.98. The van der Waals surface area contributed by atoms with Crippen LogP contribution in [0, 0.1) is 17.8 Å². The summed E-state index contributed by atoms with van der Waals surface area (Å²) >= 11 is 2.16. The molecule has 2 unspecified atom stereocenters. The third-order valence-electron chi connectivity index (χ3n) is 5.21. The zero-order valence-electron chi connectivity index (χ0n) is 9.04. The fraction of sp³-hybridized carbons (Fsp3) is 1.00. The van der Waals surface area contributed by atoms with Gasteiger partial charge in [-0.1, -0.05) is 0 Å². The topological polar surface area (TPSA) is 32.3 Å². The molecule has 4 aliphatic carbocycles. The van der Waals surface area contributed by atoms with Crippen LogP contribution < -0.4 is 5.32 Å². The summed E-state index contributed by atoms with van der Waals surface area (Å²) < 4.78 is 0. The maximum Gasteiger partial charge on any atom is 0.0705 e. The van der Waals surface area contributed by atoms with E-state index in [1.807, 2.05) is 0 Å². The molecule has 0 amide bonds. The molecule has 2 atom stereocenters. The van der Waals surface area contributed by atoms with Crippen LogP contribution in [-0.4, -0.2) is 27.9 Å². The molecule has 2 N–H and O–H groups in total. The van der Waals surface area contributed by atoms with E-state index in [0.29, 0.717) is 4.87 Å². The van der Waals surface area contributed by atoms with Crippen molar-refractivity contribution in [1.29, 1.82) is 0 Å². The van der Waals surface area contributed by atoms with E-state index < -0.39 is 0 Å². The van der Waals surface area contributed by atoms with E-state index >= 15 is 0 Å².